The number of nitro benzene ring substituents is 1. The number of hydrogen-bond acceptors (Lipinski definition) is 6. The molecule has 0 aliphatic carbocycles. The molecular formula is C19H15N5O3S. The Bertz CT molecular complexity index is 1120. The molecule has 0 bridgehead atoms. The Morgan fingerprint density at radius 2 is 2.18 bits per heavy atom. The molecule has 1 amide bonds. The molecule has 0 atom stereocenters. The highest BCUT2D eigenvalue weighted by atomic mass is 32.2. The van der Waals surface area contributed by atoms with Crippen LogP contribution >= 0.6 is 11.8 Å². The molecule has 3 aromatic rings. The molecule has 1 N–H and O–H groups in total. The minimum Gasteiger partial charge on any atom is -0.324 e. The second kappa shape index (κ2) is 8.37. The molecule has 0 aliphatic heterocycles. The zero-order chi connectivity index (χ0) is 20.1. The normalized spacial score (nSPS) is 10.4. The Morgan fingerprint density at radius 1 is 1.39 bits per heavy atom. The van der Waals surface area contributed by atoms with E-state index in [1.165, 1.54) is 23.9 Å². The molecule has 2 aromatic carbocycles. The summed E-state index contributed by atoms with van der Waals surface area (Å²) >= 11 is 1.26. The number of benzene rings is 2. The van der Waals surface area contributed by atoms with Gasteiger partial charge in [-0.1, -0.05) is 30.0 Å². The predicted molar refractivity (Wildman–Crippen MR) is 107 cm³/mol. The topological polar surface area (TPSA) is 114 Å². The third kappa shape index (κ3) is 4.02. The van der Waals surface area contributed by atoms with Crippen molar-refractivity contribution in [1.82, 2.24) is 9.55 Å². The Morgan fingerprint density at radius 3 is 2.89 bits per heavy atom. The summed E-state index contributed by atoms with van der Waals surface area (Å²) in [6, 6.07) is 13.3. The van der Waals surface area contributed by atoms with Gasteiger partial charge in [0.2, 0.25) is 5.91 Å². The van der Waals surface area contributed by atoms with Crippen molar-refractivity contribution in [2.24, 2.45) is 0 Å². The summed E-state index contributed by atoms with van der Waals surface area (Å²) < 4.78 is 1.97. The Labute approximate surface area is 164 Å². The molecule has 1 aromatic heterocycles. The second-order valence-corrected chi connectivity index (χ2v) is 6.66. The van der Waals surface area contributed by atoms with Gasteiger partial charge in [-0.2, -0.15) is 5.26 Å². The fourth-order valence-corrected chi connectivity index (χ4v) is 3.46. The molecule has 1 heterocycles. The van der Waals surface area contributed by atoms with Gasteiger partial charge in [-0.3, -0.25) is 14.9 Å². The van der Waals surface area contributed by atoms with Crippen LogP contribution in [0.3, 0.4) is 0 Å². The fourth-order valence-electron chi connectivity index (χ4n) is 2.63. The number of nitrogens with one attached hydrogen (secondary N) is 1. The largest absolute Gasteiger partial charge is 0.324 e. The van der Waals surface area contributed by atoms with E-state index in [-0.39, 0.29) is 28.6 Å². The first-order chi connectivity index (χ1) is 13.5. The number of non-ortho nitro benzene ring substituents is 1. The van der Waals surface area contributed by atoms with E-state index in [1.54, 1.807) is 6.08 Å². The van der Waals surface area contributed by atoms with E-state index in [4.69, 9.17) is 5.26 Å². The number of nitriles is 1. The van der Waals surface area contributed by atoms with Crippen LogP contribution in [0.4, 0.5) is 11.4 Å². The average molecular weight is 393 g/mol. The SMILES string of the molecule is C=CCn1c(SCC(=O)Nc2ccc([N+](=O)[O-])cc2C#N)nc2ccccc21. The number of anilines is 1. The lowest BCUT2D eigenvalue weighted by Gasteiger charge is -2.08. The van der Waals surface area contributed by atoms with Gasteiger partial charge in [0, 0.05) is 18.7 Å². The van der Waals surface area contributed by atoms with Crippen molar-refractivity contribution in [3.63, 3.8) is 0 Å². The number of aromatic nitrogens is 2. The van der Waals surface area contributed by atoms with Crippen molar-refractivity contribution in [3.05, 3.63) is 70.8 Å². The number of nitrogens with zero attached hydrogens (tertiary/aromatic N) is 4. The van der Waals surface area contributed by atoms with Crippen molar-refractivity contribution in [2.45, 2.75) is 11.7 Å². The highest BCUT2D eigenvalue weighted by Crippen LogP contribution is 2.25. The maximum atomic E-state index is 12.3. The minimum atomic E-state index is -0.591. The van der Waals surface area contributed by atoms with Gasteiger partial charge in [0.05, 0.1) is 33.0 Å². The molecule has 140 valence electrons. The monoisotopic (exact) mass is 393 g/mol. The van der Waals surface area contributed by atoms with Crippen molar-refractivity contribution >= 4 is 40.1 Å². The summed E-state index contributed by atoms with van der Waals surface area (Å²) in [5.74, 6) is -0.268. The zero-order valence-electron chi connectivity index (χ0n) is 14.7. The van der Waals surface area contributed by atoms with Gasteiger partial charge in [0.15, 0.2) is 5.16 Å². The smallest absolute Gasteiger partial charge is 0.270 e. The van der Waals surface area contributed by atoms with Crippen LogP contribution in [0.5, 0.6) is 0 Å². The van der Waals surface area contributed by atoms with E-state index in [2.05, 4.69) is 16.9 Å². The maximum absolute atomic E-state index is 12.3. The lowest BCUT2D eigenvalue weighted by Crippen LogP contribution is -2.15. The van der Waals surface area contributed by atoms with Crippen LogP contribution in [-0.4, -0.2) is 26.1 Å². The number of amides is 1. The summed E-state index contributed by atoms with van der Waals surface area (Å²) in [5.41, 5.74) is 1.84. The van der Waals surface area contributed by atoms with Crippen LogP contribution in [-0.2, 0) is 11.3 Å². The van der Waals surface area contributed by atoms with Crippen molar-refractivity contribution in [3.8, 4) is 6.07 Å². The number of nitro groups is 1. The predicted octanol–water partition coefficient (Wildman–Crippen LogP) is 3.73. The maximum Gasteiger partial charge on any atom is 0.270 e. The molecule has 8 nitrogen and oxygen atoms in total. The van der Waals surface area contributed by atoms with Gasteiger partial charge in [0.1, 0.15) is 6.07 Å². The molecule has 0 saturated carbocycles. The molecule has 0 saturated heterocycles. The Balaban J connectivity index is 1.74. The lowest BCUT2D eigenvalue weighted by molar-refractivity contribution is -0.384. The number of rotatable bonds is 7. The van der Waals surface area contributed by atoms with Gasteiger partial charge < -0.3 is 9.88 Å². The van der Waals surface area contributed by atoms with Gasteiger partial charge >= 0.3 is 0 Å². The van der Waals surface area contributed by atoms with E-state index < -0.39 is 4.92 Å². The first-order valence-corrected chi connectivity index (χ1v) is 9.19. The minimum absolute atomic E-state index is 0.0337. The summed E-state index contributed by atoms with van der Waals surface area (Å²) in [6.07, 6.45) is 1.76. The van der Waals surface area contributed by atoms with Crippen LogP contribution in [0.15, 0.2) is 60.3 Å². The van der Waals surface area contributed by atoms with Crippen LogP contribution in [0.25, 0.3) is 11.0 Å². The summed E-state index contributed by atoms with van der Waals surface area (Å²) in [5, 5.41) is 23.3. The number of allylic oxidation sites excluding steroid dienone is 1. The Hall–Kier alpha value is -3.64. The molecule has 9 heteroatoms. The van der Waals surface area contributed by atoms with Crippen molar-refractivity contribution in [2.75, 3.05) is 11.1 Å². The van der Waals surface area contributed by atoms with Crippen molar-refractivity contribution < 1.29 is 9.72 Å². The fraction of sp³-hybridized carbons (Fsp3) is 0.105. The van der Waals surface area contributed by atoms with Gasteiger partial charge in [-0.15, -0.1) is 6.58 Å². The molecule has 28 heavy (non-hydrogen) atoms. The van der Waals surface area contributed by atoms with E-state index in [0.29, 0.717) is 11.7 Å². The zero-order valence-corrected chi connectivity index (χ0v) is 15.5. The van der Waals surface area contributed by atoms with Crippen LogP contribution in [0.1, 0.15) is 5.56 Å². The first-order valence-electron chi connectivity index (χ1n) is 8.21. The Kier molecular flexibility index (Phi) is 5.72. The molecule has 0 unspecified atom stereocenters. The molecule has 0 spiro atoms. The number of carbonyl (C=O) groups excluding carboxylic acids is 1. The molecular weight excluding hydrogens is 378 g/mol. The van der Waals surface area contributed by atoms with Crippen molar-refractivity contribution in [1.29, 1.82) is 5.26 Å². The number of para-hydroxylation sites is 2. The molecule has 3 rings (SSSR count). The van der Waals surface area contributed by atoms with Gasteiger partial charge in [0.25, 0.3) is 5.69 Å². The highest BCUT2D eigenvalue weighted by Gasteiger charge is 2.15. The van der Waals surface area contributed by atoms with E-state index in [0.717, 1.165) is 17.1 Å². The third-order valence-electron chi connectivity index (χ3n) is 3.87. The van der Waals surface area contributed by atoms with Crippen LogP contribution in [0, 0.1) is 21.4 Å². The molecule has 0 radical (unpaired) electrons. The van der Waals surface area contributed by atoms with E-state index in [9.17, 15) is 14.9 Å². The lowest BCUT2D eigenvalue weighted by atomic mass is 10.1. The summed E-state index contributed by atoms with van der Waals surface area (Å²) in [7, 11) is 0. The summed E-state index contributed by atoms with van der Waals surface area (Å²) in [6.45, 7) is 4.32. The standard InChI is InChI=1S/C19H15N5O3S/c1-2-9-23-17-6-4-3-5-16(17)22-19(23)28-12-18(25)21-15-8-7-14(24(26)27)10-13(15)11-20/h2-8,10H,1,9,12H2,(H,21,25). The molecule has 0 fully saturated rings. The quantitative estimate of drug-likeness (QED) is 0.283. The third-order valence-corrected chi connectivity index (χ3v) is 4.85. The number of thioether (sulfide) groups is 1. The number of hydrogen-bond donors (Lipinski definition) is 1. The second-order valence-electron chi connectivity index (χ2n) is 5.72. The summed E-state index contributed by atoms with van der Waals surface area (Å²) in [4.78, 5) is 27.1. The number of fused-ring (bicyclic) bond motifs is 1. The van der Waals surface area contributed by atoms with Crippen LogP contribution < -0.4 is 5.32 Å². The van der Waals surface area contributed by atoms with Crippen LogP contribution in [0.2, 0.25) is 0 Å². The first kappa shape index (κ1) is 19.1. The van der Waals surface area contributed by atoms with E-state index >= 15 is 0 Å². The molecule has 0 aliphatic rings. The number of imidazole rings is 1. The van der Waals surface area contributed by atoms with Gasteiger partial charge in [-0.25, -0.2) is 4.98 Å². The van der Waals surface area contributed by atoms with E-state index in [1.807, 2.05) is 34.9 Å². The number of carbonyl (C=O) groups is 1. The average Bonchev–Trinajstić information content (AvgIpc) is 3.04. The highest BCUT2D eigenvalue weighted by molar-refractivity contribution is 7.99. The van der Waals surface area contributed by atoms with Gasteiger partial charge in [-0.05, 0) is 18.2 Å².